The van der Waals surface area contributed by atoms with Gasteiger partial charge in [0.25, 0.3) is 0 Å². The van der Waals surface area contributed by atoms with Crippen molar-refractivity contribution in [1.82, 2.24) is 0 Å². The molecule has 0 radical (unpaired) electrons. The van der Waals surface area contributed by atoms with E-state index in [0.717, 1.165) is 34.9 Å². The molecule has 100 valence electrons. The lowest BCUT2D eigenvalue weighted by molar-refractivity contribution is 0.396. The quantitative estimate of drug-likeness (QED) is 0.884. The molecule has 1 aromatic carbocycles. The summed E-state index contributed by atoms with van der Waals surface area (Å²) in [6.45, 7) is 1.99. The minimum atomic E-state index is 0.222. The van der Waals surface area contributed by atoms with Crippen LogP contribution in [0.3, 0.4) is 0 Å². The van der Waals surface area contributed by atoms with Crippen LogP contribution in [0.4, 0.5) is 5.69 Å². The normalized spacial score (nSPS) is 23.8. The highest BCUT2D eigenvalue weighted by Crippen LogP contribution is 2.32. The Morgan fingerprint density at radius 2 is 2.06 bits per heavy atom. The summed E-state index contributed by atoms with van der Waals surface area (Å²) in [6.07, 6.45) is 4.68. The van der Waals surface area contributed by atoms with Gasteiger partial charge < -0.3 is 15.8 Å². The van der Waals surface area contributed by atoms with Crippen molar-refractivity contribution in [2.75, 3.05) is 12.4 Å². The number of hydrogen-bond donors (Lipinski definition) is 2. The summed E-state index contributed by atoms with van der Waals surface area (Å²) in [4.78, 5) is 0. The van der Waals surface area contributed by atoms with Crippen molar-refractivity contribution in [2.45, 2.75) is 44.7 Å². The van der Waals surface area contributed by atoms with E-state index in [4.69, 9.17) is 22.1 Å². The molecular formula is C14H21ClN2O. The summed E-state index contributed by atoms with van der Waals surface area (Å²) in [5.74, 6) is 0.781. The van der Waals surface area contributed by atoms with E-state index in [1.165, 1.54) is 12.8 Å². The van der Waals surface area contributed by atoms with Gasteiger partial charge in [0.2, 0.25) is 0 Å². The number of nitrogens with one attached hydrogen (secondary N) is 1. The van der Waals surface area contributed by atoms with Crippen LogP contribution >= 0.6 is 11.6 Å². The lowest BCUT2D eigenvalue weighted by Gasteiger charge is -2.30. The van der Waals surface area contributed by atoms with Gasteiger partial charge in [0, 0.05) is 23.2 Å². The van der Waals surface area contributed by atoms with Gasteiger partial charge in [0.1, 0.15) is 5.75 Å². The van der Waals surface area contributed by atoms with E-state index in [1.807, 2.05) is 19.1 Å². The highest BCUT2D eigenvalue weighted by molar-refractivity contribution is 6.31. The Balaban J connectivity index is 2.19. The molecule has 2 rings (SSSR count). The van der Waals surface area contributed by atoms with Crippen molar-refractivity contribution in [3.63, 3.8) is 0 Å². The molecule has 2 atom stereocenters. The molecular weight excluding hydrogens is 248 g/mol. The first-order valence-electron chi connectivity index (χ1n) is 6.48. The molecule has 18 heavy (non-hydrogen) atoms. The highest BCUT2D eigenvalue weighted by atomic mass is 35.5. The molecule has 1 aromatic rings. The third-order valence-electron chi connectivity index (χ3n) is 3.64. The lowest BCUT2D eigenvalue weighted by Crippen LogP contribution is -2.42. The maximum Gasteiger partial charge on any atom is 0.143 e. The van der Waals surface area contributed by atoms with Gasteiger partial charge in [0.05, 0.1) is 12.8 Å². The summed E-state index contributed by atoms with van der Waals surface area (Å²) < 4.78 is 5.37. The molecule has 2 unspecified atom stereocenters. The maximum atomic E-state index is 6.16. The predicted octanol–water partition coefficient (Wildman–Crippen LogP) is 3.34. The Morgan fingerprint density at radius 1 is 1.33 bits per heavy atom. The fraction of sp³-hybridized carbons (Fsp3) is 0.571. The largest absolute Gasteiger partial charge is 0.495 e. The number of rotatable bonds is 3. The average Bonchev–Trinajstić information content (AvgIpc) is 2.36. The fourth-order valence-corrected chi connectivity index (χ4v) is 2.64. The van der Waals surface area contributed by atoms with Crippen molar-refractivity contribution in [3.8, 4) is 5.75 Å². The molecule has 0 bridgehead atoms. The van der Waals surface area contributed by atoms with Gasteiger partial charge in [-0.3, -0.25) is 0 Å². The van der Waals surface area contributed by atoms with Gasteiger partial charge in [0.15, 0.2) is 0 Å². The van der Waals surface area contributed by atoms with Crippen molar-refractivity contribution in [2.24, 2.45) is 5.73 Å². The van der Waals surface area contributed by atoms with Crippen LogP contribution < -0.4 is 15.8 Å². The number of halogens is 1. The van der Waals surface area contributed by atoms with Crippen LogP contribution in [0.25, 0.3) is 0 Å². The molecule has 0 amide bonds. The zero-order valence-electron chi connectivity index (χ0n) is 11.0. The zero-order chi connectivity index (χ0) is 13.1. The van der Waals surface area contributed by atoms with Crippen molar-refractivity contribution >= 4 is 17.3 Å². The summed E-state index contributed by atoms with van der Waals surface area (Å²) >= 11 is 6.10. The standard InChI is InChI=1S/C14H21ClN2O/c1-9-7-13(14(18-2)8-10(9)15)17-12-6-4-3-5-11(12)16/h7-8,11-12,17H,3-6,16H2,1-2H3. The third-order valence-corrected chi connectivity index (χ3v) is 4.05. The van der Waals surface area contributed by atoms with Crippen LogP contribution in [0.2, 0.25) is 5.02 Å². The molecule has 0 saturated heterocycles. The average molecular weight is 269 g/mol. The first-order chi connectivity index (χ1) is 8.61. The van der Waals surface area contributed by atoms with Crippen LogP contribution in [0, 0.1) is 6.92 Å². The van der Waals surface area contributed by atoms with E-state index in [-0.39, 0.29) is 6.04 Å². The second kappa shape index (κ2) is 5.81. The summed E-state index contributed by atoms with van der Waals surface area (Å²) in [5, 5.41) is 4.24. The highest BCUT2D eigenvalue weighted by Gasteiger charge is 2.22. The molecule has 0 aromatic heterocycles. The maximum absolute atomic E-state index is 6.16. The van der Waals surface area contributed by atoms with E-state index in [2.05, 4.69) is 5.32 Å². The first-order valence-corrected chi connectivity index (χ1v) is 6.86. The lowest BCUT2D eigenvalue weighted by atomic mass is 9.91. The van der Waals surface area contributed by atoms with Crippen molar-refractivity contribution in [1.29, 1.82) is 0 Å². The summed E-state index contributed by atoms with van der Waals surface area (Å²) in [7, 11) is 1.66. The molecule has 0 spiro atoms. The zero-order valence-corrected chi connectivity index (χ0v) is 11.8. The molecule has 0 heterocycles. The van der Waals surface area contributed by atoms with Gasteiger partial charge >= 0.3 is 0 Å². The van der Waals surface area contributed by atoms with E-state index in [1.54, 1.807) is 7.11 Å². The third kappa shape index (κ3) is 2.90. The summed E-state index contributed by atoms with van der Waals surface area (Å²) in [5.41, 5.74) is 8.19. The number of nitrogens with two attached hydrogens (primary N) is 1. The van der Waals surface area contributed by atoms with Crippen LogP contribution in [-0.4, -0.2) is 19.2 Å². The predicted molar refractivity (Wildman–Crippen MR) is 76.6 cm³/mol. The van der Waals surface area contributed by atoms with Crippen molar-refractivity contribution < 1.29 is 4.74 Å². The number of benzene rings is 1. The molecule has 1 aliphatic rings. The SMILES string of the molecule is COc1cc(Cl)c(C)cc1NC1CCCCC1N. The fourth-order valence-electron chi connectivity index (χ4n) is 2.48. The van der Waals surface area contributed by atoms with E-state index >= 15 is 0 Å². The smallest absolute Gasteiger partial charge is 0.143 e. The second-order valence-electron chi connectivity index (χ2n) is 5.00. The monoisotopic (exact) mass is 268 g/mol. The topological polar surface area (TPSA) is 47.3 Å². The van der Waals surface area contributed by atoms with E-state index in [9.17, 15) is 0 Å². The van der Waals surface area contributed by atoms with E-state index < -0.39 is 0 Å². The number of hydrogen-bond acceptors (Lipinski definition) is 3. The Hall–Kier alpha value is -0.930. The van der Waals surface area contributed by atoms with Gasteiger partial charge in [-0.2, -0.15) is 0 Å². The molecule has 3 N–H and O–H groups in total. The molecule has 1 fully saturated rings. The van der Waals surface area contributed by atoms with E-state index in [0.29, 0.717) is 6.04 Å². The summed E-state index contributed by atoms with van der Waals surface area (Å²) in [6, 6.07) is 4.43. The first kappa shape index (κ1) is 13.5. The van der Waals surface area contributed by atoms with Crippen LogP contribution in [0.5, 0.6) is 5.75 Å². The van der Waals surface area contributed by atoms with Crippen LogP contribution in [0.1, 0.15) is 31.2 Å². The van der Waals surface area contributed by atoms with Gasteiger partial charge in [-0.1, -0.05) is 24.4 Å². The van der Waals surface area contributed by atoms with Gasteiger partial charge in [-0.25, -0.2) is 0 Å². The number of methoxy groups -OCH3 is 1. The van der Waals surface area contributed by atoms with Gasteiger partial charge in [-0.05, 0) is 31.4 Å². The Labute approximate surface area is 114 Å². The Kier molecular flexibility index (Phi) is 4.36. The number of aryl methyl sites for hydroxylation is 1. The number of ether oxygens (including phenoxy) is 1. The van der Waals surface area contributed by atoms with Crippen LogP contribution in [-0.2, 0) is 0 Å². The Bertz CT molecular complexity index is 423. The number of anilines is 1. The van der Waals surface area contributed by atoms with Crippen molar-refractivity contribution in [3.05, 3.63) is 22.7 Å². The van der Waals surface area contributed by atoms with Crippen LogP contribution in [0.15, 0.2) is 12.1 Å². The second-order valence-corrected chi connectivity index (χ2v) is 5.41. The molecule has 1 aliphatic carbocycles. The molecule has 1 saturated carbocycles. The minimum absolute atomic E-state index is 0.222. The Morgan fingerprint density at radius 3 is 2.72 bits per heavy atom. The van der Waals surface area contributed by atoms with Gasteiger partial charge in [-0.15, -0.1) is 0 Å². The molecule has 4 heteroatoms. The molecule has 3 nitrogen and oxygen atoms in total. The minimum Gasteiger partial charge on any atom is -0.495 e. The molecule has 0 aliphatic heterocycles.